The molecule has 1 aliphatic rings. The summed E-state index contributed by atoms with van der Waals surface area (Å²) in [6.45, 7) is 3.34. The van der Waals surface area contributed by atoms with Gasteiger partial charge in [0.1, 0.15) is 11.9 Å². The van der Waals surface area contributed by atoms with E-state index in [0.29, 0.717) is 11.4 Å². The van der Waals surface area contributed by atoms with E-state index in [9.17, 15) is 0 Å². The molecule has 0 spiro atoms. The van der Waals surface area contributed by atoms with Crippen molar-refractivity contribution in [2.75, 3.05) is 36.0 Å². The van der Waals surface area contributed by atoms with Crippen molar-refractivity contribution < 1.29 is 0 Å². The average Bonchev–Trinajstić information content (AvgIpc) is 2.56. The Hall–Kier alpha value is -2.68. The number of rotatable bonds is 2. The summed E-state index contributed by atoms with van der Waals surface area (Å²) in [7, 11) is 0. The van der Waals surface area contributed by atoms with E-state index in [1.807, 2.05) is 18.2 Å². The SMILES string of the molecule is N#Cc1ccnnc1N1CCN(c2ccccn2)CC1. The molecule has 2 aromatic heterocycles. The Labute approximate surface area is 117 Å². The fourth-order valence-corrected chi connectivity index (χ4v) is 2.33. The van der Waals surface area contributed by atoms with Gasteiger partial charge in [-0.05, 0) is 18.2 Å². The zero-order chi connectivity index (χ0) is 13.8. The van der Waals surface area contributed by atoms with Gasteiger partial charge in [0, 0.05) is 32.4 Å². The third kappa shape index (κ3) is 2.38. The minimum atomic E-state index is 0.575. The Kier molecular flexibility index (Phi) is 3.42. The van der Waals surface area contributed by atoms with Gasteiger partial charge in [0.05, 0.1) is 11.8 Å². The number of anilines is 2. The van der Waals surface area contributed by atoms with Crippen LogP contribution in [0.2, 0.25) is 0 Å². The third-order valence-corrected chi connectivity index (χ3v) is 3.37. The molecule has 0 amide bonds. The maximum atomic E-state index is 9.11. The highest BCUT2D eigenvalue weighted by Gasteiger charge is 2.21. The van der Waals surface area contributed by atoms with Crippen LogP contribution in [0, 0.1) is 11.3 Å². The van der Waals surface area contributed by atoms with Gasteiger partial charge in [-0.1, -0.05) is 6.07 Å². The molecule has 6 heteroatoms. The molecule has 1 fully saturated rings. The lowest BCUT2D eigenvalue weighted by molar-refractivity contribution is 0.637. The number of aromatic nitrogens is 3. The molecule has 3 heterocycles. The van der Waals surface area contributed by atoms with Gasteiger partial charge in [-0.15, -0.1) is 5.10 Å². The minimum Gasteiger partial charge on any atom is -0.353 e. The van der Waals surface area contributed by atoms with Crippen LogP contribution in [0.4, 0.5) is 11.6 Å². The second-order valence-electron chi connectivity index (χ2n) is 4.54. The highest BCUT2D eigenvalue weighted by molar-refractivity contribution is 5.54. The van der Waals surface area contributed by atoms with E-state index in [1.54, 1.807) is 18.5 Å². The Morgan fingerprint density at radius 2 is 1.80 bits per heavy atom. The summed E-state index contributed by atoms with van der Waals surface area (Å²) < 4.78 is 0. The maximum Gasteiger partial charge on any atom is 0.169 e. The number of nitrogens with zero attached hydrogens (tertiary/aromatic N) is 6. The molecule has 0 saturated carbocycles. The van der Waals surface area contributed by atoms with Gasteiger partial charge in [0.25, 0.3) is 0 Å². The van der Waals surface area contributed by atoms with E-state index >= 15 is 0 Å². The van der Waals surface area contributed by atoms with Crippen LogP contribution < -0.4 is 9.80 Å². The molecule has 6 nitrogen and oxygen atoms in total. The number of hydrogen-bond acceptors (Lipinski definition) is 6. The molecule has 2 aromatic rings. The second kappa shape index (κ2) is 5.53. The summed E-state index contributed by atoms with van der Waals surface area (Å²) in [6.07, 6.45) is 3.35. The van der Waals surface area contributed by atoms with Crippen LogP contribution in [0.3, 0.4) is 0 Å². The van der Waals surface area contributed by atoms with E-state index in [4.69, 9.17) is 5.26 Å². The quantitative estimate of drug-likeness (QED) is 0.810. The molecule has 0 aliphatic carbocycles. The van der Waals surface area contributed by atoms with Crippen LogP contribution >= 0.6 is 0 Å². The zero-order valence-electron chi connectivity index (χ0n) is 11.0. The summed E-state index contributed by atoms with van der Waals surface area (Å²) in [4.78, 5) is 8.70. The number of hydrogen-bond donors (Lipinski definition) is 0. The first kappa shape index (κ1) is 12.4. The topological polar surface area (TPSA) is 68.9 Å². The molecule has 1 saturated heterocycles. The number of pyridine rings is 1. The fraction of sp³-hybridized carbons (Fsp3) is 0.286. The normalized spacial score (nSPS) is 14.9. The maximum absolute atomic E-state index is 9.11. The van der Waals surface area contributed by atoms with E-state index in [2.05, 4.69) is 31.1 Å². The fourth-order valence-electron chi connectivity index (χ4n) is 2.33. The summed E-state index contributed by atoms with van der Waals surface area (Å²) in [5.41, 5.74) is 0.575. The van der Waals surface area contributed by atoms with Gasteiger partial charge in [-0.3, -0.25) is 0 Å². The zero-order valence-corrected chi connectivity index (χ0v) is 11.0. The summed E-state index contributed by atoms with van der Waals surface area (Å²) in [6, 6.07) is 9.79. The van der Waals surface area contributed by atoms with Crippen molar-refractivity contribution in [2.45, 2.75) is 0 Å². The van der Waals surface area contributed by atoms with Gasteiger partial charge in [0.2, 0.25) is 0 Å². The molecule has 0 aromatic carbocycles. The standard InChI is InChI=1S/C14H14N6/c15-11-12-4-6-17-18-14(12)20-9-7-19(8-10-20)13-3-1-2-5-16-13/h1-6H,7-10H2. The number of piperazine rings is 1. The third-order valence-electron chi connectivity index (χ3n) is 3.37. The van der Waals surface area contributed by atoms with Crippen molar-refractivity contribution in [1.82, 2.24) is 15.2 Å². The van der Waals surface area contributed by atoms with Crippen molar-refractivity contribution in [2.24, 2.45) is 0 Å². The molecule has 0 atom stereocenters. The van der Waals surface area contributed by atoms with Crippen molar-refractivity contribution in [3.8, 4) is 6.07 Å². The molecule has 0 unspecified atom stereocenters. The molecule has 1 aliphatic heterocycles. The first-order valence-corrected chi connectivity index (χ1v) is 6.51. The van der Waals surface area contributed by atoms with Crippen molar-refractivity contribution in [3.05, 3.63) is 42.2 Å². The smallest absolute Gasteiger partial charge is 0.169 e. The number of nitriles is 1. The van der Waals surface area contributed by atoms with E-state index < -0.39 is 0 Å². The Bertz CT molecular complexity index is 613. The average molecular weight is 266 g/mol. The van der Waals surface area contributed by atoms with Crippen molar-refractivity contribution in [3.63, 3.8) is 0 Å². The van der Waals surface area contributed by atoms with Crippen LogP contribution in [0.25, 0.3) is 0 Å². The highest BCUT2D eigenvalue weighted by Crippen LogP contribution is 2.19. The molecule has 100 valence electrons. The molecular formula is C14H14N6. The van der Waals surface area contributed by atoms with E-state index in [0.717, 1.165) is 32.0 Å². The Balaban J connectivity index is 1.72. The monoisotopic (exact) mass is 266 g/mol. The van der Waals surface area contributed by atoms with Gasteiger partial charge < -0.3 is 9.80 Å². The summed E-state index contributed by atoms with van der Waals surface area (Å²) in [5, 5.41) is 17.1. The predicted molar refractivity (Wildman–Crippen MR) is 75.4 cm³/mol. The first-order valence-electron chi connectivity index (χ1n) is 6.51. The Morgan fingerprint density at radius 3 is 2.50 bits per heavy atom. The molecule has 0 bridgehead atoms. The molecule has 3 rings (SSSR count). The molecule has 0 N–H and O–H groups in total. The lowest BCUT2D eigenvalue weighted by Gasteiger charge is -2.35. The van der Waals surface area contributed by atoms with E-state index in [1.165, 1.54) is 0 Å². The van der Waals surface area contributed by atoms with Crippen LogP contribution in [0.15, 0.2) is 36.7 Å². The highest BCUT2D eigenvalue weighted by atomic mass is 15.3. The van der Waals surface area contributed by atoms with Crippen LogP contribution in [-0.2, 0) is 0 Å². The van der Waals surface area contributed by atoms with Crippen molar-refractivity contribution in [1.29, 1.82) is 5.26 Å². The largest absolute Gasteiger partial charge is 0.353 e. The summed E-state index contributed by atoms with van der Waals surface area (Å²) in [5.74, 6) is 1.67. The molecule has 20 heavy (non-hydrogen) atoms. The van der Waals surface area contributed by atoms with Crippen molar-refractivity contribution >= 4 is 11.6 Å². The summed E-state index contributed by atoms with van der Waals surface area (Å²) >= 11 is 0. The van der Waals surface area contributed by atoms with Gasteiger partial charge in [0.15, 0.2) is 5.82 Å². The van der Waals surface area contributed by atoms with Crippen LogP contribution in [-0.4, -0.2) is 41.4 Å². The van der Waals surface area contributed by atoms with Gasteiger partial charge in [-0.25, -0.2) is 4.98 Å². The lowest BCUT2D eigenvalue weighted by Crippen LogP contribution is -2.47. The molecular weight excluding hydrogens is 252 g/mol. The second-order valence-corrected chi connectivity index (χ2v) is 4.54. The predicted octanol–water partition coefficient (Wildman–Crippen LogP) is 1.07. The van der Waals surface area contributed by atoms with Gasteiger partial charge in [-0.2, -0.15) is 10.4 Å². The minimum absolute atomic E-state index is 0.575. The molecule has 0 radical (unpaired) electrons. The van der Waals surface area contributed by atoms with Crippen LogP contribution in [0.5, 0.6) is 0 Å². The van der Waals surface area contributed by atoms with Crippen LogP contribution in [0.1, 0.15) is 5.56 Å². The Morgan fingerprint density at radius 1 is 1.00 bits per heavy atom. The first-order chi connectivity index (χ1) is 9.88. The van der Waals surface area contributed by atoms with E-state index in [-0.39, 0.29) is 0 Å². The lowest BCUT2D eigenvalue weighted by atomic mass is 10.2. The van der Waals surface area contributed by atoms with Gasteiger partial charge >= 0.3 is 0 Å².